The van der Waals surface area contributed by atoms with Crippen molar-refractivity contribution in [2.24, 2.45) is 5.92 Å². The maximum absolute atomic E-state index is 13.4. The Morgan fingerprint density at radius 2 is 2.00 bits per heavy atom. The van der Waals surface area contributed by atoms with Crippen LogP contribution in [0.2, 0.25) is 0 Å². The number of amides is 1. The summed E-state index contributed by atoms with van der Waals surface area (Å²) in [6.45, 7) is 7.68. The summed E-state index contributed by atoms with van der Waals surface area (Å²) in [5.74, 6) is 1.61. The zero-order chi connectivity index (χ0) is 19.5. The minimum atomic E-state index is 0.149. The molecule has 2 aromatic rings. The molecule has 2 aliphatic rings. The normalized spacial score (nSPS) is 20.6. The fourth-order valence-electron chi connectivity index (χ4n) is 4.54. The molecule has 1 aromatic heterocycles. The van der Waals surface area contributed by atoms with Gasteiger partial charge in [-0.1, -0.05) is 31.2 Å². The van der Waals surface area contributed by atoms with Crippen LogP contribution in [-0.2, 0) is 6.54 Å². The Hall–Kier alpha value is -2.27. The van der Waals surface area contributed by atoms with Gasteiger partial charge in [0.25, 0.3) is 5.91 Å². The number of carbonyl (C=O) groups excluding carboxylic acids is 1. The Balaban J connectivity index is 1.66. The van der Waals surface area contributed by atoms with E-state index in [9.17, 15) is 4.79 Å². The van der Waals surface area contributed by atoms with E-state index >= 15 is 0 Å². The molecule has 0 spiro atoms. The monoisotopic (exact) mass is 381 g/mol. The molecule has 1 aliphatic carbocycles. The number of nitrogens with zero attached hydrogens (tertiary/aromatic N) is 3. The SMILES string of the molecule is CCN1CCN(C(=O)c2cn(CC3CC=CCC3)c3c(OC)cccc23)CC1. The fraction of sp³-hybridized carbons (Fsp3) is 0.522. The van der Waals surface area contributed by atoms with Gasteiger partial charge in [-0.15, -0.1) is 0 Å². The van der Waals surface area contributed by atoms with Gasteiger partial charge in [0.15, 0.2) is 0 Å². The van der Waals surface area contributed by atoms with Crippen molar-refractivity contribution in [2.75, 3.05) is 39.8 Å². The molecule has 0 saturated carbocycles. The largest absolute Gasteiger partial charge is 0.495 e. The van der Waals surface area contributed by atoms with Gasteiger partial charge in [0.1, 0.15) is 5.75 Å². The van der Waals surface area contributed by atoms with Crippen molar-refractivity contribution in [3.8, 4) is 5.75 Å². The molecule has 28 heavy (non-hydrogen) atoms. The van der Waals surface area contributed by atoms with Crippen LogP contribution in [-0.4, -0.2) is 60.1 Å². The van der Waals surface area contributed by atoms with Crippen molar-refractivity contribution >= 4 is 16.8 Å². The van der Waals surface area contributed by atoms with Gasteiger partial charge in [-0.2, -0.15) is 0 Å². The van der Waals surface area contributed by atoms with Crippen LogP contribution in [0.4, 0.5) is 0 Å². The third kappa shape index (κ3) is 3.68. The molecule has 2 heterocycles. The number of benzene rings is 1. The predicted octanol–water partition coefficient (Wildman–Crippen LogP) is 3.78. The first-order valence-corrected chi connectivity index (χ1v) is 10.5. The average molecular weight is 382 g/mol. The molecule has 1 fully saturated rings. The van der Waals surface area contributed by atoms with E-state index in [4.69, 9.17) is 4.74 Å². The van der Waals surface area contributed by atoms with E-state index in [-0.39, 0.29) is 5.91 Å². The Kier molecular flexibility index (Phi) is 5.72. The van der Waals surface area contributed by atoms with Crippen LogP contribution in [0.1, 0.15) is 36.5 Å². The average Bonchev–Trinajstić information content (AvgIpc) is 3.12. The van der Waals surface area contributed by atoms with Gasteiger partial charge in [-0.25, -0.2) is 0 Å². The quantitative estimate of drug-likeness (QED) is 0.740. The van der Waals surface area contributed by atoms with Gasteiger partial charge in [0.2, 0.25) is 0 Å². The number of methoxy groups -OCH3 is 1. The van der Waals surface area contributed by atoms with E-state index in [2.05, 4.69) is 40.8 Å². The molecule has 150 valence electrons. The summed E-state index contributed by atoms with van der Waals surface area (Å²) < 4.78 is 7.92. The second kappa shape index (κ2) is 8.39. The molecule has 0 N–H and O–H groups in total. The summed E-state index contributed by atoms with van der Waals surface area (Å²) in [5, 5.41) is 1.01. The van der Waals surface area contributed by atoms with Gasteiger partial charge in [0.05, 0.1) is 18.2 Å². The van der Waals surface area contributed by atoms with Crippen molar-refractivity contribution in [3.05, 3.63) is 42.1 Å². The topological polar surface area (TPSA) is 37.7 Å². The molecule has 1 unspecified atom stereocenters. The Morgan fingerprint density at radius 3 is 2.68 bits per heavy atom. The molecule has 5 heteroatoms. The van der Waals surface area contributed by atoms with Crippen LogP contribution in [0.25, 0.3) is 10.9 Å². The number of allylic oxidation sites excluding steroid dienone is 2. The molecular formula is C23H31N3O2. The molecule has 0 bridgehead atoms. The van der Waals surface area contributed by atoms with E-state index in [1.54, 1.807) is 7.11 Å². The van der Waals surface area contributed by atoms with Crippen molar-refractivity contribution in [3.63, 3.8) is 0 Å². The number of ether oxygens (including phenoxy) is 1. The van der Waals surface area contributed by atoms with Gasteiger partial charge in [0, 0.05) is 44.3 Å². The highest BCUT2D eigenvalue weighted by Crippen LogP contribution is 2.32. The number of hydrogen-bond donors (Lipinski definition) is 0. The Labute approximate surface area is 167 Å². The molecule has 0 radical (unpaired) electrons. The lowest BCUT2D eigenvalue weighted by molar-refractivity contribution is 0.0645. The van der Waals surface area contributed by atoms with Crippen LogP contribution < -0.4 is 4.74 Å². The molecule has 1 saturated heterocycles. The molecule has 1 amide bonds. The van der Waals surface area contributed by atoms with E-state index in [0.29, 0.717) is 5.92 Å². The number of likely N-dealkylation sites (N-methyl/N-ethyl adjacent to an activating group) is 1. The zero-order valence-corrected chi connectivity index (χ0v) is 17.1. The molecule has 1 atom stereocenters. The minimum absolute atomic E-state index is 0.149. The second-order valence-electron chi connectivity index (χ2n) is 7.93. The Bertz CT molecular complexity index is 862. The van der Waals surface area contributed by atoms with Crippen LogP contribution in [0, 0.1) is 5.92 Å². The summed E-state index contributed by atoms with van der Waals surface area (Å²) in [6, 6.07) is 6.04. The minimum Gasteiger partial charge on any atom is -0.495 e. The van der Waals surface area contributed by atoms with Crippen molar-refractivity contribution in [1.29, 1.82) is 0 Å². The van der Waals surface area contributed by atoms with Crippen molar-refractivity contribution in [2.45, 2.75) is 32.7 Å². The standard InChI is InChI=1S/C23H31N3O2/c1-3-24-12-14-25(15-13-24)23(27)20-17-26(16-18-8-5-4-6-9-18)22-19(20)10-7-11-21(22)28-2/h4-5,7,10-11,17-18H,3,6,8-9,12-16H2,1-2H3. The molecule has 1 aromatic carbocycles. The maximum atomic E-state index is 13.4. The highest BCUT2D eigenvalue weighted by molar-refractivity contribution is 6.08. The molecule has 4 rings (SSSR count). The number of hydrogen-bond acceptors (Lipinski definition) is 3. The van der Waals surface area contributed by atoms with Crippen molar-refractivity contribution in [1.82, 2.24) is 14.4 Å². The molecular weight excluding hydrogens is 350 g/mol. The van der Waals surface area contributed by atoms with E-state index in [1.807, 2.05) is 17.0 Å². The molecule has 1 aliphatic heterocycles. The third-order valence-electron chi connectivity index (χ3n) is 6.25. The highest BCUT2D eigenvalue weighted by atomic mass is 16.5. The number of para-hydroxylation sites is 1. The first-order chi connectivity index (χ1) is 13.7. The van der Waals surface area contributed by atoms with Crippen molar-refractivity contribution < 1.29 is 9.53 Å². The number of aromatic nitrogens is 1. The lowest BCUT2D eigenvalue weighted by Gasteiger charge is -2.34. The number of piperazine rings is 1. The predicted molar refractivity (Wildman–Crippen MR) is 113 cm³/mol. The van der Waals surface area contributed by atoms with E-state index in [0.717, 1.165) is 74.3 Å². The Morgan fingerprint density at radius 1 is 1.18 bits per heavy atom. The lowest BCUT2D eigenvalue weighted by atomic mass is 9.94. The van der Waals surface area contributed by atoms with Gasteiger partial charge < -0.3 is 19.1 Å². The highest BCUT2D eigenvalue weighted by Gasteiger charge is 2.26. The van der Waals surface area contributed by atoms with Crippen LogP contribution in [0.5, 0.6) is 5.75 Å². The zero-order valence-electron chi connectivity index (χ0n) is 17.1. The van der Waals surface area contributed by atoms with Gasteiger partial charge in [-0.05, 0) is 37.8 Å². The third-order valence-corrected chi connectivity index (χ3v) is 6.25. The summed E-state index contributed by atoms with van der Waals surface area (Å²) >= 11 is 0. The van der Waals surface area contributed by atoms with Gasteiger partial charge in [-0.3, -0.25) is 4.79 Å². The first kappa shape index (κ1) is 19.1. The van der Waals surface area contributed by atoms with Gasteiger partial charge >= 0.3 is 0 Å². The number of fused-ring (bicyclic) bond motifs is 1. The lowest BCUT2D eigenvalue weighted by Crippen LogP contribution is -2.48. The summed E-state index contributed by atoms with van der Waals surface area (Å²) in [4.78, 5) is 17.8. The summed E-state index contributed by atoms with van der Waals surface area (Å²) in [5.41, 5.74) is 1.86. The van der Waals surface area contributed by atoms with E-state index in [1.165, 1.54) is 6.42 Å². The first-order valence-electron chi connectivity index (χ1n) is 10.5. The van der Waals surface area contributed by atoms with Crippen LogP contribution >= 0.6 is 0 Å². The summed E-state index contributed by atoms with van der Waals surface area (Å²) in [7, 11) is 1.71. The van der Waals surface area contributed by atoms with Crippen LogP contribution in [0.15, 0.2) is 36.5 Å². The fourth-order valence-corrected chi connectivity index (χ4v) is 4.54. The smallest absolute Gasteiger partial charge is 0.256 e. The van der Waals surface area contributed by atoms with E-state index < -0.39 is 0 Å². The maximum Gasteiger partial charge on any atom is 0.256 e. The number of carbonyl (C=O) groups is 1. The number of rotatable bonds is 5. The molecule has 5 nitrogen and oxygen atoms in total. The van der Waals surface area contributed by atoms with Crippen LogP contribution in [0.3, 0.4) is 0 Å². The summed E-state index contributed by atoms with van der Waals surface area (Å²) in [6.07, 6.45) is 10.1. The second-order valence-corrected chi connectivity index (χ2v) is 7.93.